The van der Waals surface area contributed by atoms with Crippen molar-refractivity contribution in [3.8, 4) is 0 Å². The molecule has 0 aliphatic carbocycles. The maximum Gasteiger partial charge on any atom is 0.126 e. The minimum atomic E-state index is -0.0783. The van der Waals surface area contributed by atoms with E-state index in [4.69, 9.17) is 0 Å². The Kier molecular flexibility index (Phi) is 4.07. The molecule has 1 heterocycles. The maximum absolute atomic E-state index is 14.2. The third kappa shape index (κ3) is 3.01. The molecule has 1 aliphatic rings. The van der Waals surface area contributed by atoms with Gasteiger partial charge in [0.1, 0.15) is 5.82 Å². The molecule has 0 amide bonds. The number of halogens is 1. The molecule has 1 aliphatic heterocycles. The highest BCUT2D eigenvalue weighted by atomic mass is 19.1. The summed E-state index contributed by atoms with van der Waals surface area (Å²) in [4.78, 5) is 0. The van der Waals surface area contributed by atoms with Crippen LogP contribution >= 0.6 is 0 Å². The molecular formula is C19H22FN. The molecule has 1 nitrogen and oxygen atoms in total. The Bertz CT molecular complexity index is 596. The molecule has 1 fully saturated rings. The van der Waals surface area contributed by atoms with Crippen LogP contribution in [0.2, 0.25) is 0 Å². The summed E-state index contributed by atoms with van der Waals surface area (Å²) in [6.45, 7) is 4.16. The predicted molar refractivity (Wildman–Crippen MR) is 84.9 cm³/mol. The summed E-state index contributed by atoms with van der Waals surface area (Å²) >= 11 is 0. The molecule has 110 valence electrons. The van der Waals surface area contributed by atoms with Crippen molar-refractivity contribution in [2.75, 3.05) is 13.1 Å². The van der Waals surface area contributed by atoms with Crippen molar-refractivity contribution in [3.63, 3.8) is 0 Å². The largest absolute Gasteiger partial charge is 0.316 e. The second-order valence-electron chi connectivity index (χ2n) is 6.34. The quantitative estimate of drug-likeness (QED) is 0.892. The Hall–Kier alpha value is -1.67. The van der Waals surface area contributed by atoms with Crippen LogP contribution in [0, 0.1) is 11.2 Å². The van der Waals surface area contributed by atoms with E-state index >= 15 is 0 Å². The van der Waals surface area contributed by atoms with Gasteiger partial charge in [0, 0.05) is 12.5 Å². The van der Waals surface area contributed by atoms with Crippen molar-refractivity contribution in [2.24, 2.45) is 5.41 Å². The van der Waals surface area contributed by atoms with E-state index in [9.17, 15) is 4.39 Å². The molecule has 0 radical (unpaired) electrons. The van der Waals surface area contributed by atoms with Crippen molar-refractivity contribution < 1.29 is 4.39 Å². The van der Waals surface area contributed by atoms with Crippen LogP contribution in [0.5, 0.6) is 0 Å². The zero-order valence-electron chi connectivity index (χ0n) is 12.5. The van der Waals surface area contributed by atoms with Gasteiger partial charge in [-0.05, 0) is 42.0 Å². The summed E-state index contributed by atoms with van der Waals surface area (Å²) in [7, 11) is 0. The molecule has 1 saturated heterocycles. The lowest BCUT2D eigenvalue weighted by Gasteiger charge is -2.42. The fraction of sp³-hybridized carbons (Fsp3) is 0.368. The molecule has 2 aromatic rings. The third-order valence-corrected chi connectivity index (χ3v) is 4.79. The highest BCUT2D eigenvalue weighted by molar-refractivity contribution is 5.27. The van der Waals surface area contributed by atoms with Crippen molar-refractivity contribution >= 4 is 0 Å². The number of hydrogen-bond acceptors (Lipinski definition) is 1. The van der Waals surface area contributed by atoms with Gasteiger partial charge in [-0.1, -0.05) is 55.5 Å². The summed E-state index contributed by atoms with van der Waals surface area (Å²) < 4.78 is 14.2. The second-order valence-corrected chi connectivity index (χ2v) is 6.34. The first-order valence-electron chi connectivity index (χ1n) is 7.68. The van der Waals surface area contributed by atoms with Crippen molar-refractivity contribution in [3.05, 3.63) is 71.5 Å². The van der Waals surface area contributed by atoms with Gasteiger partial charge in [-0.3, -0.25) is 0 Å². The number of rotatable bonds is 3. The normalized spacial score (nSPS) is 25.7. The predicted octanol–water partition coefficient (Wildman–Crippen LogP) is 4.15. The van der Waals surface area contributed by atoms with Gasteiger partial charge in [-0.2, -0.15) is 0 Å². The molecule has 0 saturated carbocycles. The van der Waals surface area contributed by atoms with Gasteiger partial charge in [0.15, 0.2) is 0 Å². The molecular weight excluding hydrogens is 261 g/mol. The molecule has 2 aromatic carbocycles. The Morgan fingerprint density at radius 2 is 1.81 bits per heavy atom. The number of piperidine rings is 1. The van der Waals surface area contributed by atoms with Gasteiger partial charge in [0.25, 0.3) is 0 Å². The Morgan fingerprint density at radius 3 is 2.57 bits per heavy atom. The maximum atomic E-state index is 14.2. The number of benzene rings is 2. The molecule has 2 atom stereocenters. The average molecular weight is 283 g/mol. The fourth-order valence-electron chi connectivity index (χ4n) is 3.56. The first-order valence-corrected chi connectivity index (χ1v) is 7.68. The molecule has 0 aromatic heterocycles. The van der Waals surface area contributed by atoms with Crippen molar-refractivity contribution in [1.29, 1.82) is 0 Å². The molecule has 1 N–H and O–H groups in total. The minimum Gasteiger partial charge on any atom is -0.316 e. The number of hydrogen-bond donors (Lipinski definition) is 1. The summed E-state index contributed by atoms with van der Waals surface area (Å²) in [5.74, 6) is 0.137. The van der Waals surface area contributed by atoms with E-state index in [2.05, 4.69) is 36.5 Å². The first kappa shape index (κ1) is 14.3. The van der Waals surface area contributed by atoms with Gasteiger partial charge in [0.05, 0.1) is 0 Å². The molecule has 0 bridgehead atoms. The van der Waals surface area contributed by atoms with Crippen LogP contribution in [-0.4, -0.2) is 13.1 Å². The Labute approximate surface area is 126 Å². The van der Waals surface area contributed by atoms with Crippen LogP contribution in [-0.2, 0) is 6.42 Å². The molecule has 3 rings (SSSR count). The summed E-state index contributed by atoms with van der Waals surface area (Å²) in [6.07, 6.45) is 2.06. The monoisotopic (exact) mass is 283 g/mol. The lowest BCUT2D eigenvalue weighted by molar-refractivity contribution is 0.183. The molecule has 2 heteroatoms. The summed E-state index contributed by atoms with van der Waals surface area (Å²) in [6, 6.07) is 17.8. The third-order valence-electron chi connectivity index (χ3n) is 4.79. The first-order chi connectivity index (χ1) is 10.2. The average Bonchev–Trinajstić information content (AvgIpc) is 2.49. The molecule has 21 heavy (non-hydrogen) atoms. The van der Waals surface area contributed by atoms with E-state index in [0.717, 1.165) is 31.5 Å². The Balaban J connectivity index is 1.92. The van der Waals surface area contributed by atoms with Crippen LogP contribution in [0.25, 0.3) is 0 Å². The Morgan fingerprint density at radius 1 is 1.10 bits per heavy atom. The lowest BCUT2D eigenvalue weighted by atomic mass is 9.66. The van der Waals surface area contributed by atoms with E-state index in [-0.39, 0.29) is 17.2 Å². The molecule has 0 spiro atoms. The fourth-order valence-corrected chi connectivity index (χ4v) is 3.56. The van der Waals surface area contributed by atoms with E-state index in [1.54, 1.807) is 12.1 Å². The number of nitrogens with one attached hydrogen (secondary N) is 1. The lowest BCUT2D eigenvalue weighted by Crippen LogP contribution is -2.43. The second kappa shape index (κ2) is 5.98. The van der Waals surface area contributed by atoms with Crippen LogP contribution in [0.1, 0.15) is 30.4 Å². The van der Waals surface area contributed by atoms with E-state index in [1.165, 1.54) is 5.56 Å². The van der Waals surface area contributed by atoms with Crippen molar-refractivity contribution in [1.82, 2.24) is 5.32 Å². The molecule has 2 unspecified atom stereocenters. The smallest absolute Gasteiger partial charge is 0.126 e. The minimum absolute atomic E-state index is 0.0783. The summed E-state index contributed by atoms with van der Waals surface area (Å²) in [5.41, 5.74) is 2.28. The van der Waals surface area contributed by atoms with Gasteiger partial charge in [-0.15, -0.1) is 0 Å². The highest BCUT2D eigenvalue weighted by Crippen LogP contribution is 2.43. The zero-order valence-corrected chi connectivity index (χ0v) is 12.5. The van der Waals surface area contributed by atoms with Gasteiger partial charge in [-0.25, -0.2) is 4.39 Å². The zero-order chi connectivity index (χ0) is 14.7. The van der Waals surface area contributed by atoms with Gasteiger partial charge in [0.2, 0.25) is 0 Å². The van der Waals surface area contributed by atoms with Gasteiger partial charge < -0.3 is 5.32 Å². The van der Waals surface area contributed by atoms with E-state index in [1.807, 2.05) is 18.2 Å². The van der Waals surface area contributed by atoms with Crippen LogP contribution < -0.4 is 5.32 Å². The SMILES string of the molecule is CC1(Cc2ccccc2)CCNCC1c1ccccc1F. The highest BCUT2D eigenvalue weighted by Gasteiger charge is 2.38. The topological polar surface area (TPSA) is 12.0 Å². The summed E-state index contributed by atoms with van der Waals surface area (Å²) in [5, 5.41) is 3.43. The van der Waals surface area contributed by atoms with Crippen LogP contribution in [0.15, 0.2) is 54.6 Å². The van der Waals surface area contributed by atoms with Gasteiger partial charge >= 0.3 is 0 Å². The van der Waals surface area contributed by atoms with E-state index in [0.29, 0.717) is 0 Å². The van der Waals surface area contributed by atoms with Crippen molar-refractivity contribution in [2.45, 2.75) is 25.7 Å². The standard InChI is InChI=1S/C19H22FN/c1-19(13-15-7-3-2-4-8-15)11-12-21-14-17(19)16-9-5-6-10-18(16)20/h2-10,17,21H,11-14H2,1H3. The van der Waals surface area contributed by atoms with E-state index < -0.39 is 0 Å². The van der Waals surface area contributed by atoms with Crippen LogP contribution in [0.4, 0.5) is 4.39 Å². The van der Waals surface area contributed by atoms with Crippen LogP contribution in [0.3, 0.4) is 0 Å².